The Balaban J connectivity index is 1.15. The molecule has 0 radical (unpaired) electrons. The molecule has 0 aliphatic heterocycles. The maximum Gasteiger partial charge on any atom is 0.208 e. The van der Waals surface area contributed by atoms with Crippen molar-refractivity contribution in [3.8, 4) is 0 Å². The molecule has 50 heavy (non-hydrogen) atoms. The lowest BCUT2D eigenvalue weighted by atomic mass is 9.92. The first-order valence-corrected chi connectivity index (χ1v) is 16.6. The molecule has 9 aromatic rings. The minimum atomic E-state index is -0.223. The van der Waals surface area contributed by atoms with Gasteiger partial charge in [0, 0.05) is 34.0 Å². The number of para-hydroxylation sites is 2. The van der Waals surface area contributed by atoms with Crippen LogP contribution in [0.2, 0.25) is 0 Å². The number of nitrogens with zero attached hydrogens (tertiary/aromatic N) is 1. The van der Waals surface area contributed by atoms with Crippen LogP contribution in [0.4, 0.5) is 17.5 Å². The van der Waals surface area contributed by atoms with Crippen LogP contribution in [0.1, 0.15) is 31.8 Å². The predicted octanol–water partition coefficient (Wildman–Crippen LogP) is 11.9. The lowest BCUT2D eigenvalue weighted by molar-refractivity contribution is 0.0990. The molecule has 2 aromatic heterocycles. The molecule has 5 nitrogen and oxygen atoms in total. The normalized spacial score (nSPS) is 13.8. The fourth-order valence-corrected chi connectivity index (χ4v) is 7.45. The summed E-state index contributed by atoms with van der Waals surface area (Å²) in [4.78, 5) is 28.6. The molecular weight excluding hydrogens is 618 g/mol. The molecule has 1 aliphatic rings. The second kappa shape index (κ2) is 10.6. The second-order valence-electron chi connectivity index (χ2n) is 12.9. The molecule has 7 aromatic carbocycles. The van der Waals surface area contributed by atoms with Crippen molar-refractivity contribution >= 4 is 89.4 Å². The van der Waals surface area contributed by atoms with Crippen molar-refractivity contribution in [3.63, 3.8) is 0 Å². The average molecular weight is 646 g/mol. The van der Waals surface area contributed by atoms with Gasteiger partial charge in [-0.25, -0.2) is 0 Å². The van der Waals surface area contributed by atoms with Gasteiger partial charge in [-0.2, -0.15) is 0 Å². The topological polar surface area (TPSA) is 63.7 Å². The molecule has 5 heteroatoms. The van der Waals surface area contributed by atoms with Gasteiger partial charge in [-0.3, -0.25) is 14.5 Å². The number of allylic oxidation sites excluding steroid dienone is 1. The third-order valence-electron chi connectivity index (χ3n) is 9.83. The average Bonchev–Trinajstić information content (AvgIpc) is 3.83. The number of rotatable bonds is 4. The highest BCUT2D eigenvalue weighted by atomic mass is 16.4. The molecule has 0 spiro atoms. The van der Waals surface area contributed by atoms with E-state index in [4.69, 9.17) is 8.83 Å². The Labute approximate surface area is 286 Å². The van der Waals surface area contributed by atoms with Gasteiger partial charge in [-0.15, -0.1) is 0 Å². The number of aryl methyl sites for hydroxylation is 1. The number of benzene rings is 7. The highest BCUT2D eigenvalue weighted by molar-refractivity contribution is 6.41. The van der Waals surface area contributed by atoms with E-state index in [9.17, 15) is 9.59 Å². The van der Waals surface area contributed by atoms with Crippen LogP contribution in [0, 0.1) is 6.92 Å². The van der Waals surface area contributed by atoms with Crippen molar-refractivity contribution in [1.29, 1.82) is 0 Å². The number of carbonyl (C=O) groups is 2. The van der Waals surface area contributed by atoms with Gasteiger partial charge in [0.05, 0.1) is 11.3 Å². The molecule has 10 rings (SSSR count). The van der Waals surface area contributed by atoms with E-state index < -0.39 is 0 Å². The molecule has 0 bridgehead atoms. The molecule has 0 saturated carbocycles. The minimum Gasteiger partial charge on any atom is -0.440 e. The fourth-order valence-electron chi connectivity index (χ4n) is 7.45. The third kappa shape index (κ3) is 4.27. The van der Waals surface area contributed by atoms with E-state index in [2.05, 4.69) is 48.5 Å². The third-order valence-corrected chi connectivity index (χ3v) is 9.83. The van der Waals surface area contributed by atoms with Crippen molar-refractivity contribution < 1.29 is 18.4 Å². The zero-order valence-electron chi connectivity index (χ0n) is 26.9. The van der Waals surface area contributed by atoms with E-state index in [1.165, 1.54) is 0 Å². The molecule has 0 amide bonds. The standard InChI is InChI=1S/C45H27NO4/c1-26-14-17-35-38(20-26)45(48)39(44(35)47)22-27-15-18-33-34-19-16-30(25-37(34)32-11-5-4-10-31(32)36(33)21-27)46(42-23-28-8-2-6-12-40(28)49-42)43-24-29-9-3-7-13-41(29)50-43/h2-25H,1H3/b39-22-. The zero-order valence-corrected chi connectivity index (χ0v) is 26.9. The van der Waals surface area contributed by atoms with Crippen molar-refractivity contribution in [1.82, 2.24) is 0 Å². The summed E-state index contributed by atoms with van der Waals surface area (Å²) in [6.45, 7) is 1.93. The number of hydrogen-bond acceptors (Lipinski definition) is 5. The Morgan fingerprint density at radius 3 is 1.72 bits per heavy atom. The monoisotopic (exact) mass is 645 g/mol. The van der Waals surface area contributed by atoms with Crippen molar-refractivity contribution in [3.05, 3.63) is 167 Å². The maximum atomic E-state index is 13.3. The van der Waals surface area contributed by atoms with E-state index >= 15 is 0 Å². The van der Waals surface area contributed by atoms with Crippen molar-refractivity contribution in [2.75, 3.05) is 4.90 Å². The molecule has 0 atom stereocenters. The van der Waals surface area contributed by atoms with Gasteiger partial charge in [-0.05, 0) is 87.3 Å². The van der Waals surface area contributed by atoms with Gasteiger partial charge in [0.1, 0.15) is 11.2 Å². The van der Waals surface area contributed by atoms with Crippen LogP contribution in [-0.4, -0.2) is 11.6 Å². The summed E-state index contributed by atoms with van der Waals surface area (Å²) in [6.07, 6.45) is 1.74. The minimum absolute atomic E-state index is 0.205. The first kappa shape index (κ1) is 28.3. The second-order valence-corrected chi connectivity index (χ2v) is 12.9. The van der Waals surface area contributed by atoms with Gasteiger partial charge in [0.15, 0.2) is 11.6 Å². The smallest absolute Gasteiger partial charge is 0.208 e. The van der Waals surface area contributed by atoms with Crippen LogP contribution < -0.4 is 4.90 Å². The SMILES string of the molecule is Cc1ccc2c(c1)C(=O)/C(=C\c1ccc3c4ccc(N(c5cc6ccccc6o5)c5cc6ccccc6o5)cc4c4ccccc4c3c1)C2=O. The summed E-state index contributed by atoms with van der Waals surface area (Å²) in [5, 5.41) is 8.48. The summed E-state index contributed by atoms with van der Waals surface area (Å²) in [5.41, 5.74) is 5.41. The van der Waals surface area contributed by atoms with Gasteiger partial charge in [-0.1, -0.05) is 96.6 Å². The molecule has 0 unspecified atom stereocenters. The summed E-state index contributed by atoms with van der Waals surface area (Å²) in [6, 6.07) is 46.5. The van der Waals surface area contributed by atoms with Gasteiger partial charge in [0.25, 0.3) is 0 Å². The number of Topliss-reactive ketones (excluding diaryl/α,β-unsaturated/α-hetero) is 2. The van der Waals surface area contributed by atoms with E-state index in [0.29, 0.717) is 22.9 Å². The van der Waals surface area contributed by atoms with E-state index in [-0.39, 0.29) is 17.1 Å². The number of furan rings is 2. The van der Waals surface area contributed by atoms with Gasteiger partial charge >= 0.3 is 0 Å². The van der Waals surface area contributed by atoms with Gasteiger partial charge < -0.3 is 8.83 Å². The predicted molar refractivity (Wildman–Crippen MR) is 201 cm³/mol. The Morgan fingerprint density at radius 1 is 0.500 bits per heavy atom. The number of carbonyl (C=O) groups excluding carboxylic acids is 2. The summed E-state index contributed by atoms with van der Waals surface area (Å²) < 4.78 is 12.9. The molecular formula is C45H27NO4. The van der Waals surface area contributed by atoms with Crippen LogP contribution in [0.5, 0.6) is 0 Å². The van der Waals surface area contributed by atoms with Crippen molar-refractivity contribution in [2.24, 2.45) is 0 Å². The van der Waals surface area contributed by atoms with Gasteiger partial charge in [0.2, 0.25) is 11.8 Å². The first-order chi connectivity index (χ1) is 24.5. The lowest BCUT2D eigenvalue weighted by Gasteiger charge is -2.20. The highest BCUT2D eigenvalue weighted by Gasteiger charge is 2.33. The van der Waals surface area contributed by atoms with Crippen LogP contribution in [0.3, 0.4) is 0 Å². The van der Waals surface area contributed by atoms with E-state index in [0.717, 1.165) is 71.1 Å². The Hall–Kier alpha value is -6.72. The van der Waals surface area contributed by atoms with E-state index in [1.54, 1.807) is 18.2 Å². The number of anilines is 3. The van der Waals surface area contributed by atoms with Crippen LogP contribution in [0.25, 0.3) is 60.3 Å². The maximum absolute atomic E-state index is 13.3. The Bertz CT molecular complexity index is 2780. The lowest BCUT2D eigenvalue weighted by Crippen LogP contribution is -2.08. The van der Waals surface area contributed by atoms with Crippen LogP contribution in [0.15, 0.2) is 154 Å². The van der Waals surface area contributed by atoms with Crippen molar-refractivity contribution in [2.45, 2.75) is 6.92 Å². The molecule has 0 N–H and O–H groups in total. The first-order valence-electron chi connectivity index (χ1n) is 16.6. The number of fused-ring (bicyclic) bond motifs is 9. The summed E-state index contributed by atoms with van der Waals surface area (Å²) >= 11 is 0. The fraction of sp³-hybridized carbons (Fsp3) is 0.0222. The Morgan fingerprint density at radius 2 is 1.06 bits per heavy atom. The van der Waals surface area contributed by atoms with E-state index in [1.807, 2.05) is 90.7 Å². The molecule has 0 saturated heterocycles. The number of hydrogen-bond donors (Lipinski definition) is 0. The summed E-state index contributed by atoms with van der Waals surface area (Å²) in [7, 11) is 0. The molecule has 1 aliphatic carbocycles. The largest absolute Gasteiger partial charge is 0.440 e. The molecule has 236 valence electrons. The number of ketones is 2. The summed E-state index contributed by atoms with van der Waals surface area (Å²) in [5.74, 6) is 0.865. The van der Waals surface area contributed by atoms with Crippen LogP contribution in [-0.2, 0) is 0 Å². The quantitative estimate of drug-likeness (QED) is 0.108. The Kier molecular flexibility index (Phi) is 6.02. The van der Waals surface area contributed by atoms with Crippen LogP contribution >= 0.6 is 0 Å². The zero-order chi connectivity index (χ0) is 33.5. The molecule has 0 fully saturated rings. The highest BCUT2D eigenvalue weighted by Crippen LogP contribution is 2.44. The molecule has 2 heterocycles.